The Morgan fingerprint density at radius 2 is 2.15 bits per heavy atom. The summed E-state index contributed by atoms with van der Waals surface area (Å²) >= 11 is 5.82. The summed E-state index contributed by atoms with van der Waals surface area (Å²) in [6, 6.07) is 4.75. The topological polar surface area (TPSA) is 51.5 Å². The van der Waals surface area contributed by atoms with Gasteiger partial charge in [0.2, 0.25) is 0 Å². The summed E-state index contributed by atoms with van der Waals surface area (Å²) in [4.78, 5) is 15.8. The number of fused-ring (bicyclic) bond motifs is 1. The molecule has 1 aromatic heterocycles. The van der Waals surface area contributed by atoms with Gasteiger partial charge in [0.15, 0.2) is 12.4 Å². The van der Waals surface area contributed by atoms with E-state index in [-0.39, 0.29) is 5.76 Å². The molecule has 1 N–H and O–H groups in total. The van der Waals surface area contributed by atoms with Gasteiger partial charge in [-0.2, -0.15) is 13.2 Å². The molecule has 0 spiro atoms. The fourth-order valence-corrected chi connectivity index (χ4v) is 1.81. The Morgan fingerprint density at radius 1 is 1.45 bits per heavy atom. The van der Waals surface area contributed by atoms with E-state index in [1.54, 1.807) is 30.6 Å². The number of hydrogen-bond donors (Lipinski definition) is 1. The molecule has 0 saturated heterocycles. The molecule has 1 amide bonds. The number of halogens is 4. The van der Waals surface area contributed by atoms with Crippen LogP contribution in [0.4, 0.5) is 13.2 Å². The number of carbonyl (C=O) groups is 1. The van der Waals surface area contributed by atoms with Crippen LogP contribution in [-0.4, -0.2) is 18.7 Å². The van der Waals surface area contributed by atoms with Crippen molar-refractivity contribution in [2.45, 2.75) is 13.1 Å². The van der Waals surface area contributed by atoms with Crippen LogP contribution in [0.25, 0.3) is 11.0 Å². The molecule has 8 heteroatoms. The third-order valence-electron chi connectivity index (χ3n) is 2.51. The third-order valence-corrected chi connectivity index (χ3v) is 2.74. The van der Waals surface area contributed by atoms with Crippen LogP contribution in [0.1, 0.15) is 16.1 Å². The highest BCUT2D eigenvalue weighted by Gasteiger charge is 2.28. The molecule has 0 radical (unpaired) electrons. The first-order valence-electron chi connectivity index (χ1n) is 5.45. The summed E-state index contributed by atoms with van der Waals surface area (Å²) in [6.07, 6.45) is -4.52. The van der Waals surface area contributed by atoms with Crippen LogP contribution in [0.15, 0.2) is 22.6 Å². The standard InChI is InChI=1S/C12H9ClF3NO3/c1-6-8-4-7(13)2-3-9(8)20-10(6)11(18)17-19-5-12(14,15)16/h2-4H,5H2,1H3,(H,17,18). The monoisotopic (exact) mass is 307 g/mol. The first-order valence-corrected chi connectivity index (χ1v) is 5.83. The van der Waals surface area contributed by atoms with E-state index in [0.717, 1.165) is 0 Å². The van der Waals surface area contributed by atoms with E-state index >= 15 is 0 Å². The molecule has 4 nitrogen and oxygen atoms in total. The Morgan fingerprint density at radius 3 is 2.80 bits per heavy atom. The quantitative estimate of drug-likeness (QED) is 0.881. The molecule has 0 aliphatic heterocycles. The molecule has 0 fully saturated rings. The molecule has 108 valence electrons. The average Bonchev–Trinajstić information content (AvgIpc) is 2.65. The lowest BCUT2D eigenvalue weighted by Crippen LogP contribution is -2.29. The zero-order valence-electron chi connectivity index (χ0n) is 10.2. The Kier molecular flexibility index (Phi) is 3.92. The molecule has 1 heterocycles. The molecule has 2 aromatic rings. The maximum atomic E-state index is 11.9. The van der Waals surface area contributed by atoms with Gasteiger partial charge >= 0.3 is 12.1 Å². The van der Waals surface area contributed by atoms with E-state index in [9.17, 15) is 18.0 Å². The highest BCUT2D eigenvalue weighted by atomic mass is 35.5. The van der Waals surface area contributed by atoms with E-state index in [2.05, 4.69) is 4.84 Å². The van der Waals surface area contributed by atoms with Gasteiger partial charge in [0.1, 0.15) is 5.58 Å². The number of furan rings is 1. The zero-order valence-corrected chi connectivity index (χ0v) is 10.9. The fourth-order valence-electron chi connectivity index (χ4n) is 1.64. The highest BCUT2D eigenvalue weighted by Crippen LogP contribution is 2.27. The SMILES string of the molecule is Cc1c(C(=O)NOCC(F)(F)F)oc2ccc(Cl)cc12. The van der Waals surface area contributed by atoms with Crippen molar-refractivity contribution >= 4 is 28.5 Å². The second-order valence-electron chi connectivity index (χ2n) is 4.03. The van der Waals surface area contributed by atoms with Crippen molar-refractivity contribution in [2.24, 2.45) is 0 Å². The molecule has 1 aromatic carbocycles. The van der Waals surface area contributed by atoms with E-state index in [4.69, 9.17) is 16.0 Å². The summed E-state index contributed by atoms with van der Waals surface area (Å²) in [7, 11) is 0. The Labute approximate surface area is 116 Å². The predicted molar refractivity (Wildman–Crippen MR) is 65.4 cm³/mol. The summed E-state index contributed by atoms with van der Waals surface area (Å²) in [6.45, 7) is 0.0185. The summed E-state index contributed by atoms with van der Waals surface area (Å²) < 4.78 is 40.9. The van der Waals surface area contributed by atoms with Crippen LogP contribution in [0.3, 0.4) is 0 Å². The molecule has 0 aliphatic rings. The van der Waals surface area contributed by atoms with Crippen molar-refractivity contribution < 1.29 is 27.2 Å². The van der Waals surface area contributed by atoms with E-state index in [0.29, 0.717) is 21.6 Å². The van der Waals surface area contributed by atoms with Crippen molar-refractivity contribution in [1.29, 1.82) is 0 Å². The van der Waals surface area contributed by atoms with Crippen LogP contribution >= 0.6 is 11.6 Å². The van der Waals surface area contributed by atoms with E-state index in [1.807, 2.05) is 0 Å². The Balaban J connectivity index is 2.16. The Bertz CT molecular complexity index is 651. The van der Waals surface area contributed by atoms with E-state index in [1.165, 1.54) is 0 Å². The van der Waals surface area contributed by atoms with Crippen molar-refractivity contribution in [1.82, 2.24) is 5.48 Å². The first-order chi connectivity index (χ1) is 9.28. The number of amides is 1. The minimum atomic E-state index is -4.52. The molecular formula is C12H9ClF3NO3. The van der Waals surface area contributed by atoms with Gasteiger partial charge in [-0.05, 0) is 25.1 Å². The number of rotatable bonds is 3. The maximum Gasteiger partial charge on any atom is 0.414 e. The minimum absolute atomic E-state index is 0.121. The van der Waals surface area contributed by atoms with E-state index < -0.39 is 18.7 Å². The number of aryl methyl sites for hydroxylation is 1. The van der Waals surface area contributed by atoms with Crippen molar-refractivity contribution in [3.05, 3.63) is 34.5 Å². The molecule has 0 unspecified atom stereocenters. The van der Waals surface area contributed by atoms with Gasteiger partial charge < -0.3 is 4.42 Å². The van der Waals surface area contributed by atoms with Gasteiger partial charge in [-0.15, -0.1) is 0 Å². The number of hydroxylamine groups is 1. The molecule has 0 bridgehead atoms. The summed E-state index contributed by atoms with van der Waals surface area (Å²) in [5.74, 6) is -1.01. The second-order valence-corrected chi connectivity index (χ2v) is 4.47. The van der Waals surface area contributed by atoms with Gasteiger partial charge in [-0.1, -0.05) is 11.6 Å². The van der Waals surface area contributed by atoms with Crippen molar-refractivity contribution in [3.63, 3.8) is 0 Å². The zero-order chi connectivity index (χ0) is 14.9. The first kappa shape index (κ1) is 14.7. The molecule has 0 saturated carbocycles. The molecule has 20 heavy (non-hydrogen) atoms. The Hall–Kier alpha value is -1.73. The van der Waals surface area contributed by atoms with Gasteiger partial charge in [0.25, 0.3) is 0 Å². The van der Waals surface area contributed by atoms with Crippen molar-refractivity contribution in [3.8, 4) is 0 Å². The number of benzene rings is 1. The maximum absolute atomic E-state index is 11.9. The van der Waals surface area contributed by atoms with Crippen LogP contribution in [0.2, 0.25) is 5.02 Å². The lowest BCUT2D eigenvalue weighted by atomic mass is 10.1. The van der Waals surface area contributed by atoms with Crippen LogP contribution in [0, 0.1) is 6.92 Å². The summed E-state index contributed by atoms with van der Waals surface area (Å²) in [5, 5.41) is 1.07. The van der Waals surface area contributed by atoms with Gasteiger partial charge in [-0.3, -0.25) is 9.63 Å². The smallest absolute Gasteiger partial charge is 0.414 e. The highest BCUT2D eigenvalue weighted by molar-refractivity contribution is 6.31. The van der Waals surface area contributed by atoms with Gasteiger partial charge in [0, 0.05) is 16.0 Å². The van der Waals surface area contributed by atoms with Crippen LogP contribution in [0.5, 0.6) is 0 Å². The lowest BCUT2D eigenvalue weighted by molar-refractivity contribution is -0.184. The largest absolute Gasteiger partial charge is 0.451 e. The molecular weight excluding hydrogens is 299 g/mol. The number of carbonyl (C=O) groups excluding carboxylic acids is 1. The predicted octanol–water partition coefficient (Wildman–Crippen LogP) is 3.62. The number of nitrogens with one attached hydrogen (secondary N) is 1. The second kappa shape index (κ2) is 5.34. The molecule has 0 atom stereocenters. The van der Waals surface area contributed by atoms with Gasteiger partial charge in [0.05, 0.1) is 0 Å². The number of alkyl halides is 3. The number of hydrogen-bond acceptors (Lipinski definition) is 3. The third kappa shape index (κ3) is 3.23. The normalized spacial score (nSPS) is 11.8. The van der Waals surface area contributed by atoms with Crippen LogP contribution < -0.4 is 5.48 Å². The van der Waals surface area contributed by atoms with Gasteiger partial charge in [-0.25, -0.2) is 5.48 Å². The van der Waals surface area contributed by atoms with Crippen LogP contribution in [-0.2, 0) is 4.84 Å². The molecule has 2 rings (SSSR count). The fraction of sp³-hybridized carbons (Fsp3) is 0.250. The minimum Gasteiger partial charge on any atom is -0.451 e. The summed E-state index contributed by atoms with van der Waals surface area (Å²) in [5.41, 5.74) is 2.56. The lowest BCUT2D eigenvalue weighted by Gasteiger charge is -2.07. The average molecular weight is 308 g/mol. The van der Waals surface area contributed by atoms with Crippen molar-refractivity contribution in [2.75, 3.05) is 6.61 Å². The molecule has 0 aliphatic carbocycles.